The lowest BCUT2D eigenvalue weighted by atomic mass is 9.94. The van der Waals surface area contributed by atoms with E-state index >= 15 is 0 Å². The number of hydrogen-bond acceptors (Lipinski definition) is 5. The van der Waals surface area contributed by atoms with Gasteiger partial charge in [-0.1, -0.05) is 29.3 Å². The zero-order valence-electron chi connectivity index (χ0n) is 13.5. The SMILES string of the molecule is OCC1(F)CCN(c2ncc(OCc3c(Cl)cccc3Cl)cn2)CC1. The minimum atomic E-state index is -1.49. The summed E-state index contributed by atoms with van der Waals surface area (Å²) in [5.74, 6) is 1.01. The van der Waals surface area contributed by atoms with Gasteiger partial charge < -0.3 is 14.7 Å². The Labute approximate surface area is 155 Å². The predicted molar refractivity (Wildman–Crippen MR) is 95.2 cm³/mol. The number of alkyl halides is 1. The van der Waals surface area contributed by atoms with Crippen LogP contribution >= 0.6 is 23.2 Å². The number of hydrogen-bond donors (Lipinski definition) is 1. The van der Waals surface area contributed by atoms with Crippen molar-refractivity contribution in [2.24, 2.45) is 0 Å². The molecule has 134 valence electrons. The van der Waals surface area contributed by atoms with Crippen molar-refractivity contribution in [3.63, 3.8) is 0 Å². The first-order chi connectivity index (χ1) is 12.0. The average molecular weight is 386 g/mol. The fourth-order valence-corrected chi connectivity index (χ4v) is 3.15. The number of halogens is 3. The summed E-state index contributed by atoms with van der Waals surface area (Å²) in [5, 5.41) is 10.2. The minimum absolute atomic E-state index is 0.214. The summed E-state index contributed by atoms with van der Waals surface area (Å²) in [6.45, 7) is 0.698. The predicted octanol–water partition coefficient (Wildman–Crippen LogP) is 3.66. The summed E-state index contributed by atoms with van der Waals surface area (Å²) in [5.41, 5.74) is -0.789. The molecular formula is C17H18Cl2FN3O2. The molecule has 0 unspecified atom stereocenters. The van der Waals surface area contributed by atoms with Crippen molar-refractivity contribution >= 4 is 29.2 Å². The van der Waals surface area contributed by atoms with Crippen molar-refractivity contribution in [1.82, 2.24) is 9.97 Å². The van der Waals surface area contributed by atoms with Crippen LogP contribution in [0.1, 0.15) is 18.4 Å². The van der Waals surface area contributed by atoms with Crippen LogP contribution in [0.4, 0.5) is 10.3 Å². The normalized spacial score (nSPS) is 16.7. The van der Waals surface area contributed by atoms with Gasteiger partial charge in [-0.05, 0) is 12.1 Å². The maximum Gasteiger partial charge on any atom is 0.225 e. The Kier molecular flexibility index (Phi) is 5.61. The highest BCUT2D eigenvalue weighted by Crippen LogP contribution is 2.28. The third-order valence-corrected chi connectivity index (χ3v) is 4.99. The lowest BCUT2D eigenvalue weighted by Crippen LogP contribution is -2.44. The van der Waals surface area contributed by atoms with Crippen LogP contribution in [0, 0.1) is 0 Å². The molecule has 8 heteroatoms. The largest absolute Gasteiger partial charge is 0.486 e. The molecule has 25 heavy (non-hydrogen) atoms. The summed E-state index contributed by atoms with van der Waals surface area (Å²) in [7, 11) is 0. The van der Waals surface area contributed by atoms with Gasteiger partial charge in [0.2, 0.25) is 5.95 Å². The van der Waals surface area contributed by atoms with Gasteiger partial charge in [0.05, 0.1) is 19.0 Å². The molecule has 1 aromatic heterocycles. The first-order valence-electron chi connectivity index (χ1n) is 7.93. The highest BCUT2D eigenvalue weighted by atomic mass is 35.5. The van der Waals surface area contributed by atoms with Crippen LogP contribution in [0.3, 0.4) is 0 Å². The second-order valence-corrected chi connectivity index (χ2v) is 6.82. The summed E-state index contributed by atoms with van der Waals surface area (Å²) >= 11 is 12.2. The number of rotatable bonds is 5. The van der Waals surface area contributed by atoms with Gasteiger partial charge in [-0.3, -0.25) is 0 Å². The van der Waals surface area contributed by atoms with Crippen LogP contribution in [0.5, 0.6) is 5.75 Å². The molecule has 0 spiro atoms. The van der Waals surface area contributed by atoms with Crippen molar-refractivity contribution in [3.8, 4) is 5.75 Å². The minimum Gasteiger partial charge on any atom is -0.486 e. The van der Waals surface area contributed by atoms with E-state index in [9.17, 15) is 4.39 Å². The zero-order valence-corrected chi connectivity index (χ0v) is 15.0. The number of aromatic nitrogens is 2. The van der Waals surface area contributed by atoms with E-state index in [1.54, 1.807) is 30.6 Å². The fourth-order valence-electron chi connectivity index (χ4n) is 2.64. The van der Waals surface area contributed by atoms with Gasteiger partial charge >= 0.3 is 0 Å². The molecule has 0 aliphatic carbocycles. The van der Waals surface area contributed by atoms with Crippen molar-refractivity contribution in [1.29, 1.82) is 0 Å². The maximum absolute atomic E-state index is 14.0. The Balaban J connectivity index is 1.60. The van der Waals surface area contributed by atoms with Gasteiger partial charge in [0.15, 0.2) is 5.75 Å². The van der Waals surface area contributed by atoms with Crippen molar-refractivity contribution < 1.29 is 14.2 Å². The highest BCUT2D eigenvalue weighted by molar-refractivity contribution is 6.35. The van der Waals surface area contributed by atoms with E-state index in [0.717, 1.165) is 0 Å². The smallest absolute Gasteiger partial charge is 0.225 e. The van der Waals surface area contributed by atoms with Crippen LogP contribution in [0.25, 0.3) is 0 Å². The van der Waals surface area contributed by atoms with Crippen molar-refractivity contribution in [2.75, 3.05) is 24.6 Å². The number of aliphatic hydroxyl groups is 1. The molecule has 1 aliphatic rings. The molecule has 1 aliphatic heterocycles. The maximum atomic E-state index is 14.0. The molecule has 1 aromatic carbocycles. The Bertz CT molecular complexity index is 702. The van der Waals surface area contributed by atoms with E-state index in [1.165, 1.54) is 0 Å². The molecule has 2 heterocycles. The number of piperidine rings is 1. The number of aliphatic hydroxyl groups excluding tert-OH is 1. The Morgan fingerprint density at radius 1 is 1.16 bits per heavy atom. The third kappa shape index (κ3) is 4.32. The molecule has 1 saturated heterocycles. The lowest BCUT2D eigenvalue weighted by molar-refractivity contribution is 0.0479. The van der Waals surface area contributed by atoms with Gasteiger partial charge in [0.1, 0.15) is 12.3 Å². The first-order valence-corrected chi connectivity index (χ1v) is 8.69. The van der Waals surface area contributed by atoms with Crippen LogP contribution in [-0.4, -0.2) is 40.4 Å². The van der Waals surface area contributed by atoms with Gasteiger partial charge in [-0.15, -0.1) is 0 Å². The van der Waals surface area contributed by atoms with Crippen molar-refractivity contribution in [3.05, 3.63) is 46.2 Å². The van der Waals surface area contributed by atoms with Gasteiger partial charge in [-0.25, -0.2) is 14.4 Å². The molecule has 0 atom stereocenters. The topological polar surface area (TPSA) is 58.5 Å². The van der Waals surface area contributed by atoms with Crippen LogP contribution in [0.2, 0.25) is 10.0 Å². The molecule has 0 amide bonds. The number of anilines is 1. The Morgan fingerprint density at radius 3 is 2.32 bits per heavy atom. The van der Waals surface area contributed by atoms with Gasteiger partial charge in [0.25, 0.3) is 0 Å². The molecular weight excluding hydrogens is 368 g/mol. The molecule has 1 fully saturated rings. The molecule has 5 nitrogen and oxygen atoms in total. The molecule has 1 N–H and O–H groups in total. The number of benzene rings is 1. The third-order valence-electron chi connectivity index (χ3n) is 4.29. The lowest BCUT2D eigenvalue weighted by Gasteiger charge is -2.35. The van der Waals surface area contributed by atoms with Gasteiger partial charge in [-0.2, -0.15) is 0 Å². The standard InChI is InChI=1S/C17H18Cl2FN3O2/c18-14-2-1-3-15(19)13(14)10-25-12-8-21-16(22-9-12)23-6-4-17(20,11-24)5-7-23/h1-3,8-9,24H,4-7,10-11H2. The fraction of sp³-hybridized carbons (Fsp3) is 0.412. The van der Waals surface area contributed by atoms with Gasteiger partial charge in [0, 0.05) is 41.5 Å². The van der Waals surface area contributed by atoms with Crippen LogP contribution in [0.15, 0.2) is 30.6 Å². The summed E-state index contributed by atoms with van der Waals surface area (Å²) in [4.78, 5) is 10.4. The first kappa shape index (κ1) is 18.2. The Morgan fingerprint density at radius 2 is 1.76 bits per heavy atom. The quantitative estimate of drug-likeness (QED) is 0.850. The second kappa shape index (κ2) is 7.72. The number of nitrogens with zero attached hydrogens (tertiary/aromatic N) is 3. The molecule has 0 saturated carbocycles. The van der Waals surface area contributed by atoms with E-state index in [0.29, 0.717) is 40.4 Å². The van der Waals surface area contributed by atoms with Crippen LogP contribution in [-0.2, 0) is 6.61 Å². The molecule has 2 aromatic rings. The van der Waals surface area contributed by atoms with E-state index in [2.05, 4.69) is 9.97 Å². The second-order valence-electron chi connectivity index (χ2n) is 6.00. The van der Waals surface area contributed by atoms with E-state index < -0.39 is 12.3 Å². The molecule has 3 rings (SSSR count). The van der Waals surface area contributed by atoms with E-state index in [1.807, 2.05) is 4.90 Å². The number of ether oxygens (including phenoxy) is 1. The van der Waals surface area contributed by atoms with Crippen LogP contribution < -0.4 is 9.64 Å². The molecule has 0 bridgehead atoms. The zero-order chi connectivity index (χ0) is 17.9. The summed E-state index contributed by atoms with van der Waals surface area (Å²) in [6.07, 6.45) is 3.65. The summed E-state index contributed by atoms with van der Waals surface area (Å²) in [6, 6.07) is 5.27. The Hall–Kier alpha value is -1.63. The van der Waals surface area contributed by atoms with E-state index in [4.69, 9.17) is 33.0 Å². The van der Waals surface area contributed by atoms with E-state index in [-0.39, 0.29) is 19.4 Å². The average Bonchev–Trinajstić information content (AvgIpc) is 2.63. The highest BCUT2D eigenvalue weighted by Gasteiger charge is 2.34. The molecule has 0 radical (unpaired) electrons. The summed E-state index contributed by atoms with van der Waals surface area (Å²) < 4.78 is 19.7. The van der Waals surface area contributed by atoms with Crippen molar-refractivity contribution in [2.45, 2.75) is 25.1 Å². The monoisotopic (exact) mass is 385 g/mol.